The molecule has 1 N–H and O–H groups in total. The molecule has 0 rings (SSSR count). The number of rotatable bonds is 5. The molecule has 0 aliphatic carbocycles. The van der Waals surface area contributed by atoms with Crippen LogP contribution in [0.3, 0.4) is 0 Å². The van der Waals surface area contributed by atoms with Crippen LogP contribution in [0.1, 0.15) is 39.5 Å². The molecule has 0 aliphatic rings. The molecule has 0 aliphatic heterocycles. The first kappa shape index (κ1) is 21.1. The summed E-state index contributed by atoms with van der Waals surface area (Å²) in [5.41, 5.74) is 0. The Morgan fingerprint density at radius 3 is 1.87 bits per heavy atom. The summed E-state index contributed by atoms with van der Waals surface area (Å²) in [5.74, 6) is 0.560. The Morgan fingerprint density at radius 1 is 1.27 bits per heavy atom. The van der Waals surface area contributed by atoms with Crippen LogP contribution in [0.4, 0.5) is 0 Å². The van der Waals surface area contributed by atoms with Crippen LogP contribution in [0.5, 0.6) is 0 Å². The van der Waals surface area contributed by atoms with Crippen molar-refractivity contribution >= 4 is 10.4 Å². The molecule has 0 aromatic heterocycles. The third-order valence-corrected chi connectivity index (χ3v) is 1.80. The topological polar surface area (TPSA) is 100 Å². The average molecular weight is 249 g/mol. The Labute approximate surface area is 114 Å². The zero-order chi connectivity index (χ0) is 11.6. The van der Waals surface area contributed by atoms with Crippen LogP contribution < -0.4 is 29.6 Å². The molecule has 0 radical (unpaired) electrons. The van der Waals surface area contributed by atoms with Gasteiger partial charge in [-0.3, -0.25) is 8.42 Å². The van der Waals surface area contributed by atoms with Gasteiger partial charge in [0.15, 0.2) is 0 Å². The smallest absolute Gasteiger partial charge is 0.759 e. The predicted octanol–water partition coefficient (Wildman–Crippen LogP) is -2.14. The van der Waals surface area contributed by atoms with Crippen LogP contribution in [-0.4, -0.2) is 29.2 Å². The minimum atomic E-state index is -5.17. The summed E-state index contributed by atoms with van der Waals surface area (Å²) in [6.45, 7) is 4.69. The predicted molar refractivity (Wildman–Crippen MR) is 50.9 cm³/mol. The summed E-state index contributed by atoms with van der Waals surface area (Å²) in [7, 11) is -5.17. The first-order valence-corrected chi connectivity index (χ1v) is 5.96. The van der Waals surface area contributed by atoms with Gasteiger partial charge in [0.05, 0.1) is 0 Å². The van der Waals surface area contributed by atoms with Crippen molar-refractivity contribution in [1.82, 2.24) is 0 Å². The summed E-state index contributed by atoms with van der Waals surface area (Å²) in [4.78, 5) is 0. The molecule has 0 fully saturated rings. The van der Waals surface area contributed by atoms with Gasteiger partial charge in [-0.25, -0.2) is 0 Å². The molecule has 0 saturated heterocycles. The Kier molecular flexibility index (Phi) is 18.2. The van der Waals surface area contributed by atoms with E-state index in [2.05, 4.69) is 13.8 Å². The number of hydrogen-bond donors (Lipinski definition) is 1. The monoisotopic (exact) mass is 249 g/mol. The van der Waals surface area contributed by atoms with Crippen molar-refractivity contribution in [2.75, 3.05) is 6.61 Å². The van der Waals surface area contributed by atoms with Gasteiger partial charge in [-0.2, -0.15) is 0 Å². The van der Waals surface area contributed by atoms with E-state index in [1.165, 1.54) is 19.3 Å². The number of unbranched alkanes of at least 4 members (excludes halogenated alkanes) is 1. The number of aliphatic hydroxyl groups is 1. The Bertz CT molecular complexity index is 193. The van der Waals surface area contributed by atoms with Crippen molar-refractivity contribution in [2.45, 2.75) is 39.5 Å². The summed E-state index contributed by atoms with van der Waals surface area (Å²) in [6, 6.07) is 0. The van der Waals surface area contributed by atoms with Gasteiger partial charge < -0.3 is 14.2 Å². The second-order valence-corrected chi connectivity index (χ2v) is 3.82. The molecule has 0 bridgehead atoms. The minimum absolute atomic E-state index is 0. The van der Waals surface area contributed by atoms with Crippen molar-refractivity contribution < 1.29 is 52.2 Å². The second kappa shape index (κ2) is 12.9. The fourth-order valence-corrected chi connectivity index (χ4v) is 0.917. The van der Waals surface area contributed by atoms with E-state index in [1.807, 2.05) is 0 Å². The van der Waals surface area contributed by atoms with Crippen molar-refractivity contribution in [3.63, 3.8) is 0 Å². The zero-order valence-electron chi connectivity index (χ0n) is 9.60. The summed E-state index contributed by atoms with van der Waals surface area (Å²) in [5, 5.41) is 8.75. The first-order chi connectivity index (χ1) is 6.35. The van der Waals surface area contributed by atoms with Crippen LogP contribution in [-0.2, 0) is 10.4 Å². The van der Waals surface area contributed by atoms with Gasteiger partial charge in [-0.05, 0) is 12.3 Å². The fourth-order valence-electron chi connectivity index (χ4n) is 0.917. The molecule has 0 aromatic carbocycles. The van der Waals surface area contributed by atoms with Gasteiger partial charge in [0.2, 0.25) is 0 Å². The van der Waals surface area contributed by atoms with E-state index in [-0.39, 0.29) is 29.6 Å². The SMILES string of the molecule is CCCCC(CC)CO.O=S(=O)([O-])[O-].[Na+]. The molecule has 1 unspecified atom stereocenters. The Hall–Kier alpha value is 0.830. The van der Waals surface area contributed by atoms with Gasteiger partial charge in [0, 0.05) is 17.0 Å². The number of aliphatic hydroxyl groups excluding tert-OH is 1. The molecule has 15 heavy (non-hydrogen) atoms. The van der Waals surface area contributed by atoms with Gasteiger partial charge in [-0.15, -0.1) is 0 Å². The molecule has 0 spiro atoms. The van der Waals surface area contributed by atoms with E-state index in [1.54, 1.807) is 0 Å². The van der Waals surface area contributed by atoms with Crippen LogP contribution in [0.25, 0.3) is 0 Å². The molecule has 88 valence electrons. The molecular weight excluding hydrogens is 231 g/mol. The largest absolute Gasteiger partial charge is 1.00 e. The van der Waals surface area contributed by atoms with E-state index in [9.17, 15) is 0 Å². The Balaban J connectivity index is -0.000000208. The molecule has 0 amide bonds. The van der Waals surface area contributed by atoms with Gasteiger partial charge in [0.1, 0.15) is 0 Å². The minimum Gasteiger partial charge on any atom is -0.759 e. The molecule has 7 heteroatoms. The second-order valence-electron chi connectivity index (χ2n) is 3.01. The number of hydrogen-bond acceptors (Lipinski definition) is 5. The van der Waals surface area contributed by atoms with Crippen LogP contribution in [0, 0.1) is 5.92 Å². The maximum Gasteiger partial charge on any atom is 1.00 e. The van der Waals surface area contributed by atoms with Crippen LogP contribution in [0.15, 0.2) is 0 Å². The molecule has 0 heterocycles. The molecular formula is C8H18NaO5S-. The van der Waals surface area contributed by atoms with Gasteiger partial charge in [-0.1, -0.05) is 33.1 Å². The van der Waals surface area contributed by atoms with E-state index in [0.717, 1.165) is 6.42 Å². The zero-order valence-corrected chi connectivity index (χ0v) is 12.4. The molecule has 0 saturated carbocycles. The summed E-state index contributed by atoms with van der Waals surface area (Å²) < 4.78 is 34.1. The fraction of sp³-hybridized carbons (Fsp3) is 1.00. The quantitative estimate of drug-likeness (QED) is 0.340. The van der Waals surface area contributed by atoms with Crippen LogP contribution in [0.2, 0.25) is 0 Å². The summed E-state index contributed by atoms with van der Waals surface area (Å²) >= 11 is 0. The molecule has 1 atom stereocenters. The molecule has 5 nitrogen and oxygen atoms in total. The third-order valence-electron chi connectivity index (χ3n) is 1.80. The molecule has 0 aromatic rings. The van der Waals surface area contributed by atoms with Crippen LogP contribution >= 0.6 is 0 Å². The van der Waals surface area contributed by atoms with E-state index in [4.69, 9.17) is 22.6 Å². The first-order valence-electron chi connectivity index (χ1n) is 4.62. The normalized spacial score (nSPS) is 12.1. The average Bonchev–Trinajstić information content (AvgIpc) is 2.04. The standard InChI is InChI=1S/C8H18O.Na.H2O4S/c1-3-5-6-8(4-2)7-9;;1-5(2,3)4/h8-9H,3-7H2,1-2H3;;(H2,1,2,3,4)/q;+1;/p-2. The van der Waals surface area contributed by atoms with Crippen molar-refractivity contribution in [3.8, 4) is 0 Å². The third kappa shape index (κ3) is 31.3. The van der Waals surface area contributed by atoms with Crippen molar-refractivity contribution in [3.05, 3.63) is 0 Å². The van der Waals surface area contributed by atoms with E-state index < -0.39 is 10.4 Å². The maximum absolute atomic E-state index is 8.75. The summed E-state index contributed by atoms with van der Waals surface area (Å²) in [6.07, 6.45) is 4.83. The Morgan fingerprint density at radius 2 is 1.67 bits per heavy atom. The van der Waals surface area contributed by atoms with Gasteiger partial charge >= 0.3 is 29.6 Å². The van der Waals surface area contributed by atoms with Gasteiger partial charge in [0.25, 0.3) is 0 Å². The van der Waals surface area contributed by atoms with Crippen molar-refractivity contribution in [2.24, 2.45) is 5.92 Å². The van der Waals surface area contributed by atoms with E-state index >= 15 is 0 Å². The van der Waals surface area contributed by atoms with E-state index in [0.29, 0.717) is 12.5 Å². The maximum atomic E-state index is 8.75. The van der Waals surface area contributed by atoms with Crippen molar-refractivity contribution in [1.29, 1.82) is 0 Å².